The Bertz CT molecular complexity index is 399. The summed E-state index contributed by atoms with van der Waals surface area (Å²) < 4.78 is 30.1. The van der Waals surface area contributed by atoms with E-state index in [4.69, 9.17) is 16.3 Å². The van der Waals surface area contributed by atoms with Gasteiger partial charge in [0.2, 0.25) is 0 Å². The van der Waals surface area contributed by atoms with Gasteiger partial charge in [-0.1, -0.05) is 0 Å². The number of hydrogen-bond donors (Lipinski definition) is 0. The number of nitrogens with zero attached hydrogens (tertiary/aromatic N) is 1. The van der Waals surface area contributed by atoms with Gasteiger partial charge in [0.25, 0.3) is 6.43 Å². The first-order valence-electron chi connectivity index (χ1n) is 5.05. The van der Waals surface area contributed by atoms with Crippen LogP contribution in [0.1, 0.15) is 30.2 Å². The highest BCUT2D eigenvalue weighted by molar-refractivity contribution is 6.16. The van der Waals surface area contributed by atoms with Crippen LogP contribution in [0.5, 0.6) is 0 Å². The van der Waals surface area contributed by atoms with Crippen LogP contribution in [0.25, 0.3) is 0 Å². The van der Waals surface area contributed by atoms with Crippen molar-refractivity contribution in [2.45, 2.75) is 25.7 Å². The lowest BCUT2D eigenvalue weighted by Gasteiger charge is -2.09. The molecule has 0 spiro atoms. The number of halogens is 3. The van der Waals surface area contributed by atoms with Gasteiger partial charge in [0, 0.05) is 11.8 Å². The minimum atomic E-state index is -2.67. The van der Waals surface area contributed by atoms with E-state index in [0.717, 1.165) is 6.20 Å². The number of hydrogen-bond acceptors (Lipinski definition) is 3. The summed E-state index contributed by atoms with van der Waals surface area (Å²) in [6.07, 6.45) is -1.81. The summed E-state index contributed by atoms with van der Waals surface area (Å²) >= 11 is 5.56. The molecule has 0 atom stereocenters. The highest BCUT2D eigenvalue weighted by Crippen LogP contribution is 2.23. The Morgan fingerprint density at radius 2 is 2.29 bits per heavy atom. The minimum absolute atomic E-state index is 0.110. The van der Waals surface area contributed by atoms with Crippen LogP contribution in [0, 0.1) is 0 Å². The van der Waals surface area contributed by atoms with Crippen molar-refractivity contribution >= 4 is 17.6 Å². The monoisotopic (exact) mass is 263 g/mol. The van der Waals surface area contributed by atoms with Crippen molar-refractivity contribution in [3.8, 4) is 0 Å². The van der Waals surface area contributed by atoms with Crippen LogP contribution < -0.4 is 0 Å². The number of carbonyl (C=O) groups is 1. The van der Waals surface area contributed by atoms with E-state index in [1.54, 1.807) is 6.92 Å². The summed E-state index contributed by atoms with van der Waals surface area (Å²) in [6, 6.07) is 1.41. The normalized spacial score (nSPS) is 10.6. The van der Waals surface area contributed by atoms with E-state index in [9.17, 15) is 13.6 Å². The van der Waals surface area contributed by atoms with Gasteiger partial charge in [-0.05, 0) is 18.6 Å². The van der Waals surface area contributed by atoms with Crippen LogP contribution in [0.15, 0.2) is 12.3 Å². The summed E-state index contributed by atoms with van der Waals surface area (Å²) in [5.41, 5.74) is 0.409. The molecule has 0 bridgehead atoms. The number of rotatable bonds is 5. The number of aromatic nitrogens is 1. The average Bonchev–Trinajstić information content (AvgIpc) is 2.28. The number of ether oxygens (including phenoxy) is 1. The topological polar surface area (TPSA) is 39.2 Å². The summed E-state index contributed by atoms with van der Waals surface area (Å²) in [5, 5.41) is 0. The molecule has 0 unspecified atom stereocenters. The quantitative estimate of drug-likeness (QED) is 0.606. The molecular weight excluding hydrogens is 252 g/mol. The maximum Gasteiger partial charge on any atom is 0.310 e. The second kappa shape index (κ2) is 6.49. The van der Waals surface area contributed by atoms with Crippen LogP contribution in [-0.4, -0.2) is 17.6 Å². The fourth-order valence-corrected chi connectivity index (χ4v) is 1.49. The van der Waals surface area contributed by atoms with Crippen molar-refractivity contribution < 1.29 is 18.3 Å². The first kappa shape index (κ1) is 13.8. The highest BCUT2D eigenvalue weighted by Gasteiger charge is 2.17. The largest absolute Gasteiger partial charge is 0.466 e. The smallest absolute Gasteiger partial charge is 0.310 e. The molecular formula is C11H12ClF2NO2. The molecule has 0 aliphatic rings. The van der Waals surface area contributed by atoms with Crippen LogP contribution in [0.4, 0.5) is 8.78 Å². The van der Waals surface area contributed by atoms with Gasteiger partial charge in [-0.3, -0.25) is 9.78 Å². The van der Waals surface area contributed by atoms with Gasteiger partial charge in [-0.25, -0.2) is 8.78 Å². The van der Waals surface area contributed by atoms with E-state index in [1.165, 1.54) is 6.07 Å². The zero-order valence-corrected chi connectivity index (χ0v) is 10.0. The molecule has 6 heteroatoms. The number of carbonyl (C=O) groups excluding carboxylic acids is 1. The maximum atomic E-state index is 12.7. The van der Waals surface area contributed by atoms with Crippen LogP contribution in [-0.2, 0) is 21.8 Å². The third kappa shape index (κ3) is 3.93. The Balaban J connectivity index is 2.96. The molecule has 1 aromatic rings. The Morgan fingerprint density at radius 3 is 2.82 bits per heavy atom. The minimum Gasteiger partial charge on any atom is -0.466 e. The number of pyridine rings is 1. The van der Waals surface area contributed by atoms with Gasteiger partial charge in [0.15, 0.2) is 0 Å². The van der Waals surface area contributed by atoms with Gasteiger partial charge in [0.05, 0.1) is 24.6 Å². The van der Waals surface area contributed by atoms with Crippen LogP contribution in [0.2, 0.25) is 0 Å². The second-order valence-electron chi connectivity index (χ2n) is 3.29. The fraction of sp³-hybridized carbons (Fsp3) is 0.455. The molecule has 17 heavy (non-hydrogen) atoms. The van der Waals surface area contributed by atoms with Gasteiger partial charge in [-0.2, -0.15) is 0 Å². The zero-order chi connectivity index (χ0) is 12.8. The molecule has 1 heterocycles. The Labute approximate surface area is 103 Å². The fourth-order valence-electron chi connectivity index (χ4n) is 1.35. The summed E-state index contributed by atoms with van der Waals surface area (Å²) in [6.45, 7) is 1.87. The van der Waals surface area contributed by atoms with Crippen molar-refractivity contribution in [3.63, 3.8) is 0 Å². The van der Waals surface area contributed by atoms with Gasteiger partial charge >= 0.3 is 5.97 Å². The summed E-state index contributed by atoms with van der Waals surface area (Å²) in [5.74, 6) is -0.430. The molecule has 3 nitrogen and oxygen atoms in total. The van der Waals surface area contributed by atoms with Crippen molar-refractivity contribution in [1.82, 2.24) is 4.98 Å². The standard InChI is InChI=1S/C11H12ClF2NO2/c1-2-17-10(16)4-7-3-8(5-12)15-6-9(7)11(13)14/h3,6,11H,2,4-5H2,1H3. The zero-order valence-electron chi connectivity index (χ0n) is 9.25. The third-order valence-corrected chi connectivity index (χ3v) is 2.37. The molecule has 94 valence electrons. The van der Waals surface area contributed by atoms with E-state index < -0.39 is 12.4 Å². The van der Waals surface area contributed by atoms with Gasteiger partial charge in [0.1, 0.15) is 0 Å². The van der Waals surface area contributed by atoms with Gasteiger partial charge in [-0.15, -0.1) is 11.6 Å². The molecule has 0 N–H and O–H groups in total. The first-order chi connectivity index (χ1) is 8.08. The highest BCUT2D eigenvalue weighted by atomic mass is 35.5. The van der Waals surface area contributed by atoms with Crippen molar-refractivity contribution in [3.05, 3.63) is 29.1 Å². The molecule has 0 aromatic carbocycles. The molecule has 0 amide bonds. The van der Waals surface area contributed by atoms with E-state index in [1.807, 2.05) is 0 Å². The molecule has 0 saturated carbocycles. The molecule has 0 fully saturated rings. The lowest BCUT2D eigenvalue weighted by molar-refractivity contribution is -0.142. The van der Waals surface area contributed by atoms with E-state index in [0.29, 0.717) is 5.69 Å². The third-order valence-electron chi connectivity index (χ3n) is 2.09. The van der Waals surface area contributed by atoms with Crippen LogP contribution >= 0.6 is 11.6 Å². The predicted molar refractivity (Wildman–Crippen MR) is 59.1 cm³/mol. The van der Waals surface area contributed by atoms with Crippen molar-refractivity contribution in [2.24, 2.45) is 0 Å². The average molecular weight is 264 g/mol. The summed E-state index contributed by atoms with van der Waals surface area (Å²) in [4.78, 5) is 15.0. The maximum absolute atomic E-state index is 12.7. The van der Waals surface area contributed by atoms with Crippen molar-refractivity contribution in [2.75, 3.05) is 6.61 Å². The SMILES string of the molecule is CCOC(=O)Cc1cc(CCl)ncc1C(F)F. The van der Waals surface area contributed by atoms with E-state index in [2.05, 4.69) is 4.98 Å². The molecule has 0 radical (unpaired) electrons. The summed E-state index contributed by atoms with van der Waals surface area (Å²) in [7, 11) is 0. The Hall–Kier alpha value is -1.23. The molecule has 0 saturated heterocycles. The number of esters is 1. The van der Waals surface area contributed by atoms with E-state index in [-0.39, 0.29) is 30.0 Å². The predicted octanol–water partition coefficient (Wildman–Crippen LogP) is 2.86. The van der Waals surface area contributed by atoms with Gasteiger partial charge < -0.3 is 4.74 Å². The Kier molecular flexibility index (Phi) is 5.28. The van der Waals surface area contributed by atoms with Crippen LogP contribution in [0.3, 0.4) is 0 Å². The van der Waals surface area contributed by atoms with Crippen molar-refractivity contribution in [1.29, 1.82) is 0 Å². The molecule has 1 rings (SSSR count). The molecule has 0 aliphatic heterocycles. The number of alkyl halides is 3. The van der Waals surface area contributed by atoms with E-state index >= 15 is 0 Å². The lowest BCUT2D eigenvalue weighted by atomic mass is 10.1. The molecule has 1 aromatic heterocycles. The first-order valence-corrected chi connectivity index (χ1v) is 5.59. The molecule has 0 aliphatic carbocycles. The lowest BCUT2D eigenvalue weighted by Crippen LogP contribution is -2.10. The Morgan fingerprint density at radius 1 is 1.59 bits per heavy atom. The second-order valence-corrected chi connectivity index (χ2v) is 3.56.